The number of rotatable bonds is 2. The zero-order valence-electron chi connectivity index (χ0n) is 10.3. The van der Waals surface area contributed by atoms with E-state index < -0.39 is 41.5 Å². The smallest absolute Gasteiger partial charge is 0.294 e. The van der Waals surface area contributed by atoms with E-state index in [2.05, 4.69) is 0 Å². The van der Waals surface area contributed by atoms with Gasteiger partial charge in [-0.3, -0.25) is 9.11 Å². The van der Waals surface area contributed by atoms with Crippen LogP contribution in [0.4, 0.5) is 0 Å². The summed E-state index contributed by atoms with van der Waals surface area (Å²) >= 11 is 0. The molecular formula is C10H8BaO8S2. The molecule has 0 saturated carbocycles. The molecule has 0 aromatic heterocycles. The van der Waals surface area contributed by atoms with Gasteiger partial charge in [-0.05, 0) is 17.5 Å². The van der Waals surface area contributed by atoms with Crippen LogP contribution in [-0.4, -0.2) is 85.0 Å². The van der Waals surface area contributed by atoms with Crippen molar-refractivity contribution < 1.29 is 36.2 Å². The minimum absolute atomic E-state index is 0. The monoisotopic (exact) mass is 458 g/mol. The van der Waals surface area contributed by atoms with Gasteiger partial charge in [0.05, 0.1) is 15.2 Å². The number of phenolic OH excluding ortho intramolecular Hbond substituents is 2. The van der Waals surface area contributed by atoms with Crippen LogP contribution in [0, 0.1) is 0 Å². The van der Waals surface area contributed by atoms with Crippen molar-refractivity contribution in [3.05, 3.63) is 24.3 Å². The molecule has 0 atom stereocenters. The molecule has 0 bridgehead atoms. The zero-order chi connectivity index (χ0) is 15.3. The summed E-state index contributed by atoms with van der Waals surface area (Å²) in [5.41, 5.74) is 0. The fourth-order valence-corrected chi connectivity index (χ4v) is 2.79. The average Bonchev–Trinajstić information content (AvgIpc) is 2.25. The number of benzene rings is 2. The van der Waals surface area contributed by atoms with Gasteiger partial charge in [-0.1, -0.05) is 0 Å². The minimum Gasteiger partial charge on any atom is -0.507 e. The second-order valence-corrected chi connectivity index (χ2v) is 6.78. The second-order valence-electron chi connectivity index (χ2n) is 3.93. The summed E-state index contributed by atoms with van der Waals surface area (Å²) in [6.07, 6.45) is 0. The van der Waals surface area contributed by atoms with Crippen LogP contribution in [0.25, 0.3) is 10.8 Å². The van der Waals surface area contributed by atoms with Crippen molar-refractivity contribution in [2.75, 3.05) is 0 Å². The van der Waals surface area contributed by atoms with Gasteiger partial charge in [-0.2, -0.15) is 16.8 Å². The van der Waals surface area contributed by atoms with E-state index in [1.165, 1.54) is 0 Å². The summed E-state index contributed by atoms with van der Waals surface area (Å²) in [5, 5.41) is 18.9. The Labute approximate surface area is 160 Å². The quantitative estimate of drug-likeness (QED) is 0.373. The molecule has 0 spiro atoms. The molecule has 2 aromatic rings. The van der Waals surface area contributed by atoms with Crippen LogP contribution < -0.4 is 0 Å². The number of hydrogen-bond acceptors (Lipinski definition) is 6. The fourth-order valence-electron chi connectivity index (χ4n) is 1.71. The third kappa shape index (κ3) is 3.91. The Morgan fingerprint density at radius 2 is 1.05 bits per heavy atom. The van der Waals surface area contributed by atoms with Gasteiger partial charge >= 0.3 is 0 Å². The van der Waals surface area contributed by atoms with Gasteiger partial charge in [0, 0.05) is 61.0 Å². The summed E-state index contributed by atoms with van der Waals surface area (Å²) in [4.78, 5) is -1.37. The van der Waals surface area contributed by atoms with Crippen LogP contribution >= 0.6 is 0 Å². The number of hydrogen-bond donors (Lipinski definition) is 4. The molecule has 2 rings (SSSR count). The van der Waals surface area contributed by atoms with Gasteiger partial charge in [-0.25, -0.2) is 0 Å². The summed E-state index contributed by atoms with van der Waals surface area (Å²) in [6.45, 7) is 0. The fraction of sp³-hybridized carbons (Fsp3) is 0. The Balaban J connectivity index is 0.00000220. The Bertz CT molecular complexity index is 845. The van der Waals surface area contributed by atoms with E-state index in [1.807, 2.05) is 0 Å². The molecule has 0 amide bonds. The van der Waals surface area contributed by atoms with Gasteiger partial charge in [-0.15, -0.1) is 0 Å². The normalized spacial score (nSPS) is 12.1. The summed E-state index contributed by atoms with van der Waals surface area (Å²) in [5.74, 6) is -1.34. The molecule has 0 saturated heterocycles. The van der Waals surface area contributed by atoms with E-state index in [9.17, 15) is 27.0 Å². The van der Waals surface area contributed by atoms with Crippen molar-refractivity contribution in [1.29, 1.82) is 0 Å². The average molecular weight is 458 g/mol. The molecule has 0 unspecified atom stereocenters. The number of fused-ring (bicyclic) bond motifs is 1. The van der Waals surface area contributed by atoms with E-state index in [4.69, 9.17) is 9.11 Å². The Kier molecular flexibility index (Phi) is 5.41. The third-order valence-electron chi connectivity index (χ3n) is 2.55. The SMILES string of the molecule is O=S(=O)(O)c1cc(O)c2c(O)cc(S(=O)(=O)O)cc2c1.[Ba]. The first-order valence-corrected chi connectivity index (χ1v) is 7.83. The largest absolute Gasteiger partial charge is 0.507 e. The number of phenols is 2. The standard InChI is InChI=1S/C10H8O8S2.Ba/c11-8-3-6(19(13,14)15)1-5-2-7(20(16,17)18)4-9(12)10(5)8;/h1-4,11-12H,(H,13,14,15)(H,16,17,18);. The summed E-state index contributed by atoms with van der Waals surface area (Å²) in [7, 11) is -9.26. The molecule has 11 heteroatoms. The molecule has 0 fully saturated rings. The van der Waals surface area contributed by atoms with Crippen molar-refractivity contribution in [3.63, 3.8) is 0 Å². The molecule has 2 aromatic carbocycles. The van der Waals surface area contributed by atoms with Gasteiger partial charge in [0.1, 0.15) is 11.5 Å². The topological polar surface area (TPSA) is 149 Å². The maximum Gasteiger partial charge on any atom is 0.294 e. The molecule has 0 heterocycles. The molecule has 21 heavy (non-hydrogen) atoms. The van der Waals surface area contributed by atoms with Crippen molar-refractivity contribution in [3.8, 4) is 11.5 Å². The molecular weight excluding hydrogens is 450 g/mol. The Morgan fingerprint density at radius 3 is 1.33 bits per heavy atom. The molecule has 4 N–H and O–H groups in total. The van der Waals surface area contributed by atoms with Crippen LogP contribution in [0.5, 0.6) is 11.5 Å². The maximum absolute atomic E-state index is 11.0. The van der Waals surface area contributed by atoms with Crippen LogP contribution in [0.1, 0.15) is 0 Å². The summed E-state index contributed by atoms with van der Waals surface area (Å²) < 4.78 is 61.8. The van der Waals surface area contributed by atoms with E-state index in [0.717, 1.165) is 12.1 Å². The first-order chi connectivity index (χ1) is 9.00. The van der Waals surface area contributed by atoms with Gasteiger partial charge < -0.3 is 10.2 Å². The number of aromatic hydroxyl groups is 2. The predicted octanol–water partition coefficient (Wildman–Crippen LogP) is 0.364. The predicted molar refractivity (Wildman–Crippen MR) is 72.7 cm³/mol. The van der Waals surface area contributed by atoms with Gasteiger partial charge in [0.15, 0.2) is 0 Å². The van der Waals surface area contributed by atoms with E-state index >= 15 is 0 Å². The molecule has 0 aliphatic carbocycles. The van der Waals surface area contributed by atoms with Crippen LogP contribution in [0.15, 0.2) is 34.1 Å². The van der Waals surface area contributed by atoms with Gasteiger partial charge in [0.2, 0.25) is 0 Å². The van der Waals surface area contributed by atoms with Crippen molar-refractivity contribution in [2.45, 2.75) is 9.79 Å². The van der Waals surface area contributed by atoms with Crippen LogP contribution in [0.2, 0.25) is 0 Å². The molecule has 0 aliphatic heterocycles. The molecule has 0 aliphatic rings. The van der Waals surface area contributed by atoms with Crippen molar-refractivity contribution in [2.24, 2.45) is 0 Å². The third-order valence-corrected chi connectivity index (χ3v) is 4.21. The Morgan fingerprint density at radius 1 is 0.714 bits per heavy atom. The van der Waals surface area contributed by atoms with Gasteiger partial charge in [0.25, 0.3) is 20.2 Å². The molecule has 8 nitrogen and oxygen atoms in total. The van der Waals surface area contributed by atoms with Crippen LogP contribution in [-0.2, 0) is 20.2 Å². The van der Waals surface area contributed by atoms with Crippen molar-refractivity contribution in [1.82, 2.24) is 0 Å². The maximum atomic E-state index is 11.0. The van der Waals surface area contributed by atoms with E-state index in [-0.39, 0.29) is 59.7 Å². The molecule has 110 valence electrons. The molecule has 2 radical (unpaired) electrons. The second kappa shape index (κ2) is 6.06. The summed E-state index contributed by atoms with van der Waals surface area (Å²) in [6, 6.07) is 3.09. The van der Waals surface area contributed by atoms with Crippen LogP contribution in [0.3, 0.4) is 0 Å². The first-order valence-electron chi connectivity index (χ1n) is 4.95. The first kappa shape index (κ1) is 18.7. The van der Waals surface area contributed by atoms with Crippen molar-refractivity contribution >= 4 is 79.9 Å². The minimum atomic E-state index is -4.63. The Hall–Kier alpha value is -0.309. The van der Waals surface area contributed by atoms with E-state index in [1.54, 1.807) is 0 Å². The van der Waals surface area contributed by atoms with E-state index in [0.29, 0.717) is 12.1 Å². The zero-order valence-corrected chi connectivity index (χ0v) is 16.3.